The molecule has 1 aliphatic heterocycles. The van der Waals surface area contributed by atoms with Crippen molar-refractivity contribution in [1.29, 1.82) is 0 Å². The molecule has 0 fully saturated rings. The summed E-state index contributed by atoms with van der Waals surface area (Å²) in [7, 11) is 85.1. The van der Waals surface area contributed by atoms with Gasteiger partial charge in [0.1, 0.15) is 111 Å². The lowest BCUT2D eigenvalue weighted by Crippen LogP contribution is -2.66. The van der Waals surface area contributed by atoms with Gasteiger partial charge in [0, 0.05) is 5.34 Å². The zero-order chi connectivity index (χ0) is 33.4. The molecule has 1 aliphatic rings. The number of carbonyl (C=O) groups is 1. The van der Waals surface area contributed by atoms with Gasteiger partial charge in [0.25, 0.3) is 5.91 Å². The maximum atomic E-state index is 14.2. The molecule has 0 saturated carbocycles. The summed E-state index contributed by atoms with van der Waals surface area (Å²) in [5.74, 6) is -3.31. The van der Waals surface area contributed by atoms with Gasteiger partial charge >= 0.3 is 6.36 Å². The fourth-order valence-electron chi connectivity index (χ4n) is 4.56. The highest BCUT2D eigenvalue weighted by molar-refractivity contribution is 6.64. The molecule has 1 amide bonds. The van der Waals surface area contributed by atoms with Crippen LogP contribution in [-0.2, 0) is 5.34 Å². The van der Waals surface area contributed by atoms with Crippen molar-refractivity contribution in [2.75, 3.05) is 6.61 Å². The van der Waals surface area contributed by atoms with Crippen LogP contribution in [0.1, 0.15) is 16.2 Å². The average molecular weight is 553 g/mol. The zero-order valence-corrected chi connectivity index (χ0v) is 22.5. The van der Waals surface area contributed by atoms with Crippen molar-refractivity contribution in [3.63, 3.8) is 0 Å². The Balaban J connectivity index is 2.03. The molecule has 44 heavy (non-hydrogen) atoms. The topological polar surface area (TPSA) is 64.6 Å². The summed E-state index contributed by atoms with van der Waals surface area (Å²) in [6.07, 6.45) is -5.22. The summed E-state index contributed by atoms with van der Waals surface area (Å²) in [4.78, 5) is 22.5. The van der Waals surface area contributed by atoms with Crippen LogP contribution in [0.25, 0.3) is 11.1 Å². The lowest BCUT2D eigenvalue weighted by atomic mass is 9.52. The fourth-order valence-corrected chi connectivity index (χ4v) is 4.56. The molecule has 2 aromatic carbocycles. The minimum Gasteiger partial charge on any atom is -0.493 e. The Labute approximate surface area is 270 Å². The van der Waals surface area contributed by atoms with Crippen LogP contribution < -0.4 is 64.4 Å². The van der Waals surface area contributed by atoms with Gasteiger partial charge in [0.15, 0.2) is 0 Å². The maximum Gasteiger partial charge on any atom is 0.573 e. The van der Waals surface area contributed by atoms with Gasteiger partial charge < -0.3 is 14.4 Å². The molecule has 2 heterocycles. The molecule has 3 aromatic rings. The van der Waals surface area contributed by atoms with Crippen molar-refractivity contribution in [3.05, 3.63) is 11.4 Å². The molecule has 0 unspecified atom stereocenters. The van der Waals surface area contributed by atoms with Crippen molar-refractivity contribution in [1.82, 2.24) is 14.9 Å². The van der Waals surface area contributed by atoms with E-state index in [1.165, 1.54) is 0 Å². The third-order valence-electron chi connectivity index (χ3n) is 6.66. The Bertz CT molecular complexity index is 1690. The van der Waals surface area contributed by atoms with E-state index in [-0.39, 0.29) is 22.2 Å². The Morgan fingerprint density at radius 1 is 0.705 bits per heavy atom. The smallest absolute Gasteiger partial charge is 0.493 e. The zero-order valence-electron chi connectivity index (χ0n) is 22.5. The number of hydrogen-bond acceptors (Lipinski definition) is 5. The van der Waals surface area contributed by atoms with Gasteiger partial charge in [-0.3, -0.25) is 4.79 Å². The van der Waals surface area contributed by atoms with Gasteiger partial charge in [-0.15, -0.1) is 13.2 Å². The first kappa shape index (κ1) is 34.2. The lowest BCUT2D eigenvalue weighted by Gasteiger charge is -2.48. The van der Waals surface area contributed by atoms with Crippen LogP contribution in [0.3, 0.4) is 0 Å². The van der Waals surface area contributed by atoms with E-state index in [0.717, 1.165) is 0 Å². The van der Waals surface area contributed by atoms with E-state index in [0.29, 0.717) is 4.90 Å². The number of halogens is 3. The van der Waals surface area contributed by atoms with Gasteiger partial charge in [0.05, 0.1) is 27.9 Å². The first-order valence-electron chi connectivity index (χ1n) is 11.9. The Hall–Kier alpha value is -2.71. The molecule has 0 atom stereocenters. The van der Waals surface area contributed by atoms with Crippen LogP contribution in [0.2, 0.25) is 0 Å². The molecule has 182 valence electrons. The first-order valence-corrected chi connectivity index (χ1v) is 11.9. The number of nitrogens with zero attached hydrogens (tertiary/aromatic N) is 3. The van der Waals surface area contributed by atoms with Crippen LogP contribution in [0, 0.1) is 0 Å². The minimum absolute atomic E-state index is 0.204. The molecule has 1 aromatic heterocycles. The number of fused-ring (bicyclic) bond motifs is 1. The van der Waals surface area contributed by atoms with Crippen molar-refractivity contribution in [2.24, 2.45) is 0 Å². The SMILES string of the molecule is [B]c1nc(C([B])([B])N2C(=O)c3c([B])c(-c4c([B])c([B])c(OC(F)(F)F)c([B])c4[B])c([B])c([B])c3OCC2([B])[B])nc([B])c1[B]. The van der Waals surface area contributed by atoms with Gasteiger partial charge in [-0.2, -0.15) is 0 Å². The highest BCUT2D eigenvalue weighted by Crippen LogP contribution is 2.33. The summed E-state index contributed by atoms with van der Waals surface area (Å²) >= 11 is 0. The Kier molecular flexibility index (Phi) is 8.75. The molecule has 28 radical (unpaired) electrons. The fraction of sp³-hybridized carbons (Fsp3) is 0.190. The van der Waals surface area contributed by atoms with Crippen LogP contribution in [-0.4, -0.2) is 149 Å². The highest BCUT2D eigenvalue weighted by atomic mass is 19.4. The number of alkyl halides is 3. The minimum atomic E-state index is -5.22. The summed E-state index contributed by atoms with van der Waals surface area (Å²) in [6, 6.07) is 0. The van der Waals surface area contributed by atoms with E-state index < -0.39 is 96.2 Å². The standard InChI is InChI=1S/C21H2B14F3N3O3/c22-5-2(3-7(24)10(27)14(11(28)8(3)25)44-21(36,37)38)6(23)9(26)13-4(5)17(42)41(19(32,33)1-43-13)20(34,35)18-39-15(30)12(29)16(31)40-18/h1H2. The highest BCUT2D eigenvalue weighted by Gasteiger charge is 2.46. The normalized spacial score (nSPS) is 14.9. The number of benzene rings is 2. The lowest BCUT2D eigenvalue weighted by molar-refractivity contribution is -0.273. The first-order chi connectivity index (χ1) is 20.0. The number of carbonyl (C=O) groups excluding carboxylic acids is 1. The van der Waals surface area contributed by atoms with Crippen LogP contribution in [0.4, 0.5) is 13.2 Å². The average Bonchev–Trinajstić information content (AvgIpc) is 3.01. The van der Waals surface area contributed by atoms with Crippen LogP contribution in [0.5, 0.6) is 11.5 Å². The second-order valence-corrected chi connectivity index (χ2v) is 9.70. The largest absolute Gasteiger partial charge is 0.573 e. The molecular weight excluding hydrogens is 551 g/mol. The Morgan fingerprint density at radius 2 is 1.16 bits per heavy atom. The second-order valence-electron chi connectivity index (χ2n) is 9.70. The molecule has 4 rings (SSSR count). The molecular formula is C21H2B14F3N3O3. The number of ether oxygens (including phenoxy) is 2. The van der Waals surface area contributed by atoms with E-state index >= 15 is 0 Å². The van der Waals surface area contributed by atoms with Gasteiger partial charge in [-0.05, 0) is 27.7 Å². The molecule has 0 aliphatic carbocycles. The Morgan fingerprint density at radius 3 is 1.64 bits per heavy atom. The monoisotopic (exact) mass is 555 g/mol. The number of aromatic nitrogens is 2. The van der Waals surface area contributed by atoms with Crippen molar-refractivity contribution in [3.8, 4) is 22.6 Å². The predicted molar refractivity (Wildman–Crippen MR) is 174 cm³/mol. The quantitative estimate of drug-likeness (QED) is 0.301. The third-order valence-corrected chi connectivity index (χ3v) is 6.66. The van der Waals surface area contributed by atoms with Gasteiger partial charge in [-0.1, -0.05) is 43.7 Å². The summed E-state index contributed by atoms with van der Waals surface area (Å²) < 4.78 is 48.6. The number of rotatable bonds is 4. The molecule has 0 bridgehead atoms. The van der Waals surface area contributed by atoms with Crippen molar-refractivity contribution < 1.29 is 27.4 Å². The summed E-state index contributed by atoms with van der Waals surface area (Å²) in [6.45, 7) is -0.724. The molecule has 23 heteroatoms. The van der Waals surface area contributed by atoms with Crippen molar-refractivity contribution >= 4 is 171 Å². The van der Waals surface area contributed by atoms with E-state index in [1.807, 2.05) is 0 Å². The van der Waals surface area contributed by atoms with Crippen LogP contribution >= 0.6 is 0 Å². The third kappa shape index (κ3) is 5.51. The van der Waals surface area contributed by atoms with E-state index in [2.05, 4.69) is 14.7 Å². The van der Waals surface area contributed by atoms with Gasteiger partial charge in [0.2, 0.25) is 0 Å². The van der Waals surface area contributed by atoms with Crippen LogP contribution in [0.15, 0.2) is 0 Å². The van der Waals surface area contributed by atoms with Gasteiger partial charge in [-0.25, -0.2) is 9.97 Å². The number of hydrogen-bond donors (Lipinski definition) is 0. The van der Waals surface area contributed by atoms with Crippen molar-refractivity contribution in [2.45, 2.75) is 17.0 Å². The summed E-state index contributed by atoms with van der Waals surface area (Å²) in [5, 5.41) is -4.93. The molecule has 0 spiro atoms. The maximum absolute atomic E-state index is 14.2. The predicted octanol–water partition coefficient (Wildman–Crippen LogP) is -10.0. The van der Waals surface area contributed by atoms with E-state index in [1.54, 1.807) is 0 Å². The molecule has 0 saturated heterocycles. The molecule has 0 N–H and O–H groups in total. The van der Waals surface area contributed by atoms with E-state index in [9.17, 15) is 18.0 Å². The molecule has 6 nitrogen and oxygen atoms in total. The van der Waals surface area contributed by atoms with E-state index in [4.69, 9.17) is 115 Å². The number of amides is 1. The summed E-state index contributed by atoms with van der Waals surface area (Å²) in [5.41, 5.74) is -6.48. The second kappa shape index (κ2) is 11.3.